The molecule has 0 saturated carbocycles. The van der Waals surface area contributed by atoms with Gasteiger partial charge < -0.3 is 4.90 Å². The molecule has 78 valence electrons. The minimum atomic E-state index is 0.601. The van der Waals surface area contributed by atoms with Crippen LogP contribution in [0.1, 0.15) is 12.0 Å². The van der Waals surface area contributed by atoms with Crippen LogP contribution in [0.4, 0.5) is 0 Å². The van der Waals surface area contributed by atoms with Gasteiger partial charge in [-0.2, -0.15) is 5.26 Å². The maximum Gasteiger partial charge on any atom is 0.154 e. The molecule has 0 fully saturated rings. The highest BCUT2D eigenvalue weighted by atomic mass is 15.1. The quantitative estimate of drug-likeness (QED) is 0.666. The normalized spacial score (nSPS) is 10.0. The summed E-state index contributed by atoms with van der Waals surface area (Å²) in [6.07, 6.45) is 0.601. The van der Waals surface area contributed by atoms with E-state index in [9.17, 15) is 0 Å². The molecule has 0 radical (unpaired) electrons. The lowest BCUT2D eigenvalue weighted by Gasteiger charge is -2.15. The lowest BCUT2D eigenvalue weighted by atomic mass is 9.73. The van der Waals surface area contributed by atoms with Gasteiger partial charge in [-0.05, 0) is 12.6 Å². The summed E-state index contributed by atoms with van der Waals surface area (Å²) in [7, 11) is 3.13. The lowest BCUT2D eigenvalue weighted by molar-refractivity contribution is 0.335. The maximum atomic E-state index is 8.49. The molecule has 15 heavy (non-hydrogen) atoms. The average Bonchev–Trinajstić information content (AvgIpc) is 2.26. The zero-order chi connectivity index (χ0) is 11.1. The van der Waals surface area contributed by atoms with Crippen molar-refractivity contribution in [2.24, 2.45) is 0 Å². The van der Waals surface area contributed by atoms with Crippen molar-refractivity contribution in [3.8, 4) is 6.07 Å². The molecule has 2 nitrogen and oxygen atoms in total. The third kappa shape index (κ3) is 4.18. The molecule has 1 aromatic carbocycles. The molecule has 0 aromatic heterocycles. The molecule has 0 aliphatic rings. The van der Waals surface area contributed by atoms with Gasteiger partial charge in [-0.3, -0.25) is 0 Å². The van der Waals surface area contributed by atoms with Crippen LogP contribution < -0.4 is 5.46 Å². The van der Waals surface area contributed by atoms with E-state index >= 15 is 0 Å². The van der Waals surface area contributed by atoms with Gasteiger partial charge in [0.05, 0.1) is 6.07 Å². The van der Waals surface area contributed by atoms with E-state index in [4.69, 9.17) is 5.26 Å². The highest BCUT2D eigenvalue weighted by molar-refractivity contribution is 6.51. The van der Waals surface area contributed by atoms with Crippen molar-refractivity contribution >= 4 is 12.7 Å². The zero-order valence-corrected chi connectivity index (χ0v) is 9.53. The van der Waals surface area contributed by atoms with E-state index in [1.807, 2.05) is 0 Å². The van der Waals surface area contributed by atoms with E-state index in [1.54, 1.807) is 0 Å². The van der Waals surface area contributed by atoms with Gasteiger partial charge in [0.15, 0.2) is 7.28 Å². The molecule has 0 aliphatic heterocycles. The van der Waals surface area contributed by atoms with Crippen molar-refractivity contribution in [2.75, 3.05) is 13.6 Å². The molecule has 0 atom stereocenters. The molecular formula is C12H17BN2. The number of rotatable bonds is 5. The minimum Gasteiger partial charge on any atom is -0.301 e. The molecule has 0 saturated heterocycles. The largest absolute Gasteiger partial charge is 0.301 e. The highest BCUT2D eigenvalue weighted by Crippen LogP contribution is 2.01. The van der Waals surface area contributed by atoms with E-state index in [1.165, 1.54) is 11.0 Å². The van der Waals surface area contributed by atoms with Crippen LogP contribution in [-0.4, -0.2) is 25.8 Å². The van der Waals surface area contributed by atoms with Crippen molar-refractivity contribution in [1.82, 2.24) is 4.90 Å². The Morgan fingerprint density at radius 1 is 1.47 bits per heavy atom. The molecule has 0 aliphatic carbocycles. The van der Waals surface area contributed by atoms with E-state index in [-0.39, 0.29) is 0 Å². The second-order valence-corrected chi connectivity index (χ2v) is 3.82. The molecule has 3 heteroatoms. The third-order valence-electron chi connectivity index (χ3n) is 2.46. The monoisotopic (exact) mass is 200 g/mol. The van der Waals surface area contributed by atoms with E-state index < -0.39 is 0 Å². The Labute approximate surface area is 92.8 Å². The fourth-order valence-corrected chi connectivity index (χ4v) is 1.58. The van der Waals surface area contributed by atoms with Gasteiger partial charge in [-0.25, -0.2) is 0 Å². The van der Waals surface area contributed by atoms with Crippen LogP contribution in [0, 0.1) is 11.3 Å². The van der Waals surface area contributed by atoms with E-state index in [0.717, 1.165) is 20.4 Å². The first-order valence-electron chi connectivity index (χ1n) is 5.39. The van der Waals surface area contributed by atoms with Crippen LogP contribution in [0.2, 0.25) is 6.82 Å². The maximum absolute atomic E-state index is 8.49. The first-order valence-corrected chi connectivity index (χ1v) is 5.39. The molecule has 0 spiro atoms. The van der Waals surface area contributed by atoms with Crippen molar-refractivity contribution in [3.63, 3.8) is 0 Å². The summed E-state index contributed by atoms with van der Waals surface area (Å²) in [5, 5.41) is 8.49. The van der Waals surface area contributed by atoms with Crippen molar-refractivity contribution in [2.45, 2.75) is 19.8 Å². The Morgan fingerprint density at radius 2 is 2.27 bits per heavy atom. The SMILES string of the molecule is CBc1cccc(CN(C)CCC#N)c1. The average molecular weight is 200 g/mol. The Bertz CT molecular complexity index is 344. The van der Waals surface area contributed by atoms with Gasteiger partial charge in [-0.1, -0.05) is 36.6 Å². The Hall–Kier alpha value is -1.27. The first kappa shape index (κ1) is 11.8. The van der Waals surface area contributed by atoms with Crippen molar-refractivity contribution < 1.29 is 0 Å². The fourth-order valence-electron chi connectivity index (χ4n) is 1.58. The second kappa shape index (κ2) is 6.26. The number of hydrogen-bond acceptors (Lipinski definition) is 2. The Kier molecular flexibility index (Phi) is 4.93. The molecule has 0 heterocycles. The van der Waals surface area contributed by atoms with Crippen LogP contribution in [-0.2, 0) is 6.54 Å². The van der Waals surface area contributed by atoms with Gasteiger partial charge in [-0.15, -0.1) is 0 Å². The topological polar surface area (TPSA) is 27.0 Å². The van der Waals surface area contributed by atoms with Crippen molar-refractivity contribution in [3.05, 3.63) is 29.8 Å². The van der Waals surface area contributed by atoms with Crippen molar-refractivity contribution in [1.29, 1.82) is 5.26 Å². The van der Waals surface area contributed by atoms with Gasteiger partial charge >= 0.3 is 0 Å². The first-order chi connectivity index (χ1) is 7.26. The van der Waals surface area contributed by atoms with E-state index in [2.05, 4.69) is 49.1 Å². The molecule has 1 rings (SSSR count). The van der Waals surface area contributed by atoms with Crippen LogP contribution in [0.25, 0.3) is 0 Å². The molecule has 0 amide bonds. The van der Waals surface area contributed by atoms with Crippen LogP contribution in [0.15, 0.2) is 24.3 Å². The second-order valence-electron chi connectivity index (χ2n) is 3.82. The number of hydrogen-bond donors (Lipinski definition) is 0. The zero-order valence-electron chi connectivity index (χ0n) is 9.53. The summed E-state index contributed by atoms with van der Waals surface area (Å²) in [5.74, 6) is 0. The summed E-state index contributed by atoms with van der Waals surface area (Å²) in [6.45, 7) is 3.93. The van der Waals surface area contributed by atoms with Crippen LogP contribution >= 0.6 is 0 Å². The van der Waals surface area contributed by atoms with Gasteiger partial charge in [0.1, 0.15) is 0 Å². The van der Waals surface area contributed by atoms with Gasteiger partial charge in [0, 0.05) is 19.5 Å². The molecule has 0 N–H and O–H groups in total. The number of nitrogens with zero attached hydrogens (tertiary/aromatic N) is 2. The van der Waals surface area contributed by atoms with Crippen LogP contribution in [0.5, 0.6) is 0 Å². The summed E-state index contributed by atoms with van der Waals surface area (Å²) in [6, 6.07) is 10.8. The summed E-state index contributed by atoms with van der Waals surface area (Å²) >= 11 is 0. The molecular weight excluding hydrogens is 183 g/mol. The fraction of sp³-hybridized carbons (Fsp3) is 0.417. The molecule has 0 bridgehead atoms. The Balaban J connectivity index is 2.52. The van der Waals surface area contributed by atoms with E-state index in [0.29, 0.717) is 6.42 Å². The predicted octanol–water partition coefficient (Wildman–Crippen LogP) is 1.14. The van der Waals surface area contributed by atoms with Crippen LogP contribution in [0.3, 0.4) is 0 Å². The lowest BCUT2D eigenvalue weighted by Crippen LogP contribution is -2.20. The standard InChI is InChI=1S/C12H17BN2/c1-13-12-6-3-5-11(9-12)10-15(2)8-4-7-14/h3,5-6,9,13H,4,8,10H2,1-2H3. The van der Waals surface area contributed by atoms with Gasteiger partial charge in [0.2, 0.25) is 0 Å². The molecule has 0 unspecified atom stereocenters. The van der Waals surface area contributed by atoms with Gasteiger partial charge in [0.25, 0.3) is 0 Å². The Morgan fingerprint density at radius 3 is 2.93 bits per heavy atom. The predicted molar refractivity (Wildman–Crippen MR) is 65.7 cm³/mol. The number of benzene rings is 1. The third-order valence-corrected chi connectivity index (χ3v) is 2.46. The smallest absolute Gasteiger partial charge is 0.154 e. The number of nitriles is 1. The summed E-state index contributed by atoms with van der Waals surface area (Å²) in [4.78, 5) is 2.18. The summed E-state index contributed by atoms with van der Waals surface area (Å²) < 4.78 is 0. The highest BCUT2D eigenvalue weighted by Gasteiger charge is 2.00. The summed E-state index contributed by atoms with van der Waals surface area (Å²) in [5.41, 5.74) is 2.70. The molecule has 1 aromatic rings. The minimum absolute atomic E-state index is 0.601.